The van der Waals surface area contributed by atoms with Gasteiger partial charge < -0.3 is 4.74 Å². The molecule has 1 aromatic carbocycles. The molecule has 1 heterocycles. The summed E-state index contributed by atoms with van der Waals surface area (Å²) < 4.78 is 5.36. The van der Waals surface area contributed by atoms with Gasteiger partial charge in [0.25, 0.3) is 0 Å². The van der Waals surface area contributed by atoms with E-state index in [0.29, 0.717) is 29.7 Å². The van der Waals surface area contributed by atoms with Gasteiger partial charge in [0, 0.05) is 41.2 Å². The number of benzene rings is 1. The van der Waals surface area contributed by atoms with Crippen LogP contribution in [0.5, 0.6) is 0 Å². The standard InChI is InChI=1S/C15H17Cl2NO2/c1-2-11(19)10-14(18-6-8-20-9-7-18)15-12(16)4-3-5-13(15)17/h2-5,14H,1,6-10H2. The van der Waals surface area contributed by atoms with Crippen LogP contribution in [-0.2, 0) is 9.53 Å². The van der Waals surface area contributed by atoms with Crippen molar-refractivity contribution in [3.8, 4) is 0 Å². The molecule has 0 spiro atoms. The topological polar surface area (TPSA) is 29.5 Å². The number of ketones is 1. The van der Waals surface area contributed by atoms with Crippen LogP contribution in [0.3, 0.4) is 0 Å². The molecule has 0 amide bonds. The van der Waals surface area contributed by atoms with Crippen molar-refractivity contribution in [2.24, 2.45) is 0 Å². The summed E-state index contributed by atoms with van der Waals surface area (Å²) in [5.41, 5.74) is 0.813. The number of hydrogen-bond acceptors (Lipinski definition) is 3. The van der Waals surface area contributed by atoms with Crippen LogP contribution in [0, 0.1) is 0 Å². The summed E-state index contributed by atoms with van der Waals surface area (Å²) in [4.78, 5) is 14.0. The number of carbonyl (C=O) groups is 1. The van der Waals surface area contributed by atoms with Gasteiger partial charge in [0.1, 0.15) is 0 Å². The van der Waals surface area contributed by atoms with E-state index in [9.17, 15) is 4.79 Å². The first-order valence-corrected chi connectivity index (χ1v) is 7.30. The van der Waals surface area contributed by atoms with E-state index >= 15 is 0 Å². The van der Waals surface area contributed by atoms with Gasteiger partial charge in [-0.2, -0.15) is 0 Å². The summed E-state index contributed by atoms with van der Waals surface area (Å²) in [6, 6.07) is 5.27. The molecule has 0 bridgehead atoms. The maximum absolute atomic E-state index is 11.8. The Kier molecular flexibility index (Phi) is 5.61. The van der Waals surface area contributed by atoms with Crippen molar-refractivity contribution >= 4 is 29.0 Å². The molecule has 1 aliphatic rings. The first kappa shape index (κ1) is 15.5. The highest BCUT2D eigenvalue weighted by atomic mass is 35.5. The van der Waals surface area contributed by atoms with E-state index < -0.39 is 0 Å². The largest absolute Gasteiger partial charge is 0.379 e. The molecule has 3 nitrogen and oxygen atoms in total. The second kappa shape index (κ2) is 7.23. The van der Waals surface area contributed by atoms with Gasteiger partial charge in [-0.1, -0.05) is 35.8 Å². The van der Waals surface area contributed by atoms with Crippen LogP contribution >= 0.6 is 23.2 Å². The number of hydrogen-bond donors (Lipinski definition) is 0. The molecule has 2 rings (SSSR count). The van der Waals surface area contributed by atoms with Gasteiger partial charge in [0.15, 0.2) is 5.78 Å². The first-order valence-electron chi connectivity index (χ1n) is 6.54. The molecule has 0 saturated carbocycles. The van der Waals surface area contributed by atoms with Crippen molar-refractivity contribution in [2.45, 2.75) is 12.5 Å². The average molecular weight is 314 g/mol. The molecule has 20 heavy (non-hydrogen) atoms. The lowest BCUT2D eigenvalue weighted by Crippen LogP contribution is -2.40. The molecule has 1 fully saturated rings. The predicted molar refractivity (Wildman–Crippen MR) is 81.4 cm³/mol. The van der Waals surface area contributed by atoms with Crippen LogP contribution in [-0.4, -0.2) is 37.0 Å². The fraction of sp³-hybridized carbons (Fsp3) is 0.400. The van der Waals surface area contributed by atoms with E-state index in [1.54, 1.807) is 18.2 Å². The van der Waals surface area contributed by atoms with E-state index in [4.69, 9.17) is 27.9 Å². The number of carbonyl (C=O) groups excluding carboxylic acids is 1. The third-order valence-corrected chi connectivity index (χ3v) is 4.10. The molecule has 1 aromatic rings. The Labute approximate surface area is 129 Å². The molecule has 1 aliphatic heterocycles. The Balaban J connectivity index is 2.34. The van der Waals surface area contributed by atoms with Crippen molar-refractivity contribution < 1.29 is 9.53 Å². The first-order chi connectivity index (χ1) is 9.63. The maximum Gasteiger partial charge on any atom is 0.157 e. The van der Waals surface area contributed by atoms with Crippen LogP contribution in [0.25, 0.3) is 0 Å². The van der Waals surface area contributed by atoms with Gasteiger partial charge >= 0.3 is 0 Å². The highest BCUT2D eigenvalue weighted by Crippen LogP contribution is 2.36. The number of morpholine rings is 1. The van der Waals surface area contributed by atoms with Crippen molar-refractivity contribution in [1.29, 1.82) is 0 Å². The van der Waals surface area contributed by atoms with Crippen LogP contribution in [0.15, 0.2) is 30.9 Å². The number of allylic oxidation sites excluding steroid dienone is 1. The van der Waals surface area contributed by atoms with Crippen molar-refractivity contribution in [1.82, 2.24) is 4.90 Å². The molecule has 0 radical (unpaired) electrons. The van der Waals surface area contributed by atoms with Gasteiger partial charge in [-0.25, -0.2) is 0 Å². The van der Waals surface area contributed by atoms with E-state index in [1.807, 2.05) is 0 Å². The number of halogens is 2. The average Bonchev–Trinajstić information content (AvgIpc) is 2.46. The molecular weight excluding hydrogens is 297 g/mol. The smallest absolute Gasteiger partial charge is 0.157 e. The fourth-order valence-corrected chi connectivity index (χ4v) is 3.06. The fourth-order valence-electron chi connectivity index (χ4n) is 2.41. The van der Waals surface area contributed by atoms with Crippen LogP contribution in [0.2, 0.25) is 10.0 Å². The van der Waals surface area contributed by atoms with Crippen LogP contribution < -0.4 is 0 Å². The predicted octanol–water partition coefficient (Wildman–Crippen LogP) is 3.51. The second-order valence-corrected chi connectivity index (χ2v) is 5.49. The Morgan fingerprint density at radius 1 is 1.35 bits per heavy atom. The third kappa shape index (κ3) is 3.61. The summed E-state index contributed by atoms with van der Waals surface area (Å²) in [5.74, 6) is -0.0162. The molecule has 0 aliphatic carbocycles. The lowest BCUT2D eigenvalue weighted by molar-refractivity contribution is -0.116. The third-order valence-electron chi connectivity index (χ3n) is 3.44. The molecule has 108 valence electrons. The SMILES string of the molecule is C=CC(=O)CC(c1c(Cl)cccc1Cl)N1CCOCC1. The minimum absolute atomic E-state index is 0.0162. The Morgan fingerprint density at radius 2 is 1.95 bits per heavy atom. The quantitative estimate of drug-likeness (QED) is 0.779. The van der Waals surface area contributed by atoms with Gasteiger partial charge in [-0.3, -0.25) is 9.69 Å². The van der Waals surface area contributed by atoms with Gasteiger partial charge in [-0.15, -0.1) is 0 Å². The minimum atomic E-state index is -0.134. The van der Waals surface area contributed by atoms with Gasteiger partial charge in [-0.05, 0) is 18.2 Å². The van der Waals surface area contributed by atoms with E-state index in [1.165, 1.54) is 6.08 Å². The monoisotopic (exact) mass is 313 g/mol. The summed E-state index contributed by atoms with van der Waals surface area (Å²) in [7, 11) is 0. The molecule has 1 atom stereocenters. The molecular formula is C15H17Cl2NO2. The van der Waals surface area contributed by atoms with E-state index in [0.717, 1.165) is 18.7 Å². The molecule has 0 N–H and O–H groups in total. The van der Waals surface area contributed by atoms with Crippen molar-refractivity contribution in [3.05, 3.63) is 46.5 Å². The normalized spacial score (nSPS) is 17.7. The van der Waals surface area contributed by atoms with E-state index in [-0.39, 0.29) is 11.8 Å². The molecule has 1 saturated heterocycles. The minimum Gasteiger partial charge on any atom is -0.379 e. The number of nitrogens with zero attached hydrogens (tertiary/aromatic N) is 1. The molecule has 5 heteroatoms. The summed E-state index contributed by atoms with van der Waals surface area (Å²) in [6.45, 7) is 6.37. The van der Waals surface area contributed by atoms with Crippen LogP contribution in [0.1, 0.15) is 18.0 Å². The number of ether oxygens (including phenoxy) is 1. The van der Waals surface area contributed by atoms with Crippen LogP contribution in [0.4, 0.5) is 0 Å². The Morgan fingerprint density at radius 3 is 2.50 bits per heavy atom. The summed E-state index contributed by atoms with van der Waals surface area (Å²) >= 11 is 12.6. The van der Waals surface area contributed by atoms with Crippen molar-refractivity contribution in [3.63, 3.8) is 0 Å². The lowest BCUT2D eigenvalue weighted by Gasteiger charge is -2.35. The Bertz CT molecular complexity index is 478. The zero-order chi connectivity index (χ0) is 14.5. The van der Waals surface area contributed by atoms with Gasteiger partial charge in [0.05, 0.1) is 13.2 Å². The molecule has 1 unspecified atom stereocenters. The maximum atomic E-state index is 11.8. The summed E-state index contributed by atoms with van der Waals surface area (Å²) in [5, 5.41) is 1.18. The van der Waals surface area contributed by atoms with Crippen molar-refractivity contribution in [2.75, 3.05) is 26.3 Å². The zero-order valence-corrected chi connectivity index (χ0v) is 12.7. The highest BCUT2D eigenvalue weighted by Gasteiger charge is 2.27. The Hall–Kier alpha value is -0.870. The lowest BCUT2D eigenvalue weighted by atomic mass is 9.99. The van der Waals surface area contributed by atoms with E-state index in [2.05, 4.69) is 11.5 Å². The molecule has 0 aromatic heterocycles. The number of rotatable bonds is 5. The van der Waals surface area contributed by atoms with Gasteiger partial charge in [0.2, 0.25) is 0 Å². The summed E-state index contributed by atoms with van der Waals surface area (Å²) in [6.07, 6.45) is 1.67. The second-order valence-electron chi connectivity index (χ2n) is 4.67. The zero-order valence-electron chi connectivity index (χ0n) is 11.1. The highest BCUT2D eigenvalue weighted by molar-refractivity contribution is 6.36.